The molecule has 0 aliphatic carbocycles. The van der Waals surface area contributed by atoms with Crippen molar-refractivity contribution in [3.05, 3.63) is 35.4 Å². The summed E-state index contributed by atoms with van der Waals surface area (Å²) in [5.41, 5.74) is 1.61. The number of carbonyl (C=O) groups excluding carboxylic acids is 1. The smallest absolute Gasteiger partial charge is 0.333 e. The first kappa shape index (κ1) is 13.3. The van der Waals surface area contributed by atoms with Gasteiger partial charge in [0.25, 0.3) is 0 Å². The summed E-state index contributed by atoms with van der Waals surface area (Å²) in [6, 6.07) is 7.57. The van der Waals surface area contributed by atoms with Gasteiger partial charge in [0.05, 0.1) is 13.7 Å². The predicted molar refractivity (Wildman–Crippen MR) is 67.9 cm³/mol. The highest BCUT2D eigenvalue weighted by molar-refractivity contribution is 5.93. The van der Waals surface area contributed by atoms with Crippen LogP contribution in [0, 0.1) is 0 Å². The van der Waals surface area contributed by atoms with Gasteiger partial charge in [0.1, 0.15) is 5.75 Å². The normalized spacial score (nSPS) is 11.1. The SMILES string of the molecule is CCOC(=O)/C(=C/c1cccc(OC)c1)CC. The quantitative estimate of drug-likeness (QED) is 0.580. The van der Waals surface area contributed by atoms with E-state index in [1.54, 1.807) is 14.0 Å². The minimum atomic E-state index is -0.252. The molecule has 0 saturated carbocycles. The summed E-state index contributed by atoms with van der Waals surface area (Å²) >= 11 is 0. The van der Waals surface area contributed by atoms with E-state index < -0.39 is 0 Å². The zero-order chi connectivity index (χ0) is 12.7. The summed E-state index contributed by atoms with van der Waals surface area (Å²) in [4.78, 5) is 11.6. The van der Waals surface area contributed by atoms with Crippen LogP contribution in [0.25, 0.3) is 6.08 Å². The number of hydrogen-bond acceptors (Lipinski definition) is 3. The van der Waals surface area contributed by atoms with Crippen LogP contribution in [0.3, 0.4) is 0 Å². The molecule has 0 aromatic heterocycles. The number of esters is 1. The van der Waals surface area contributed by atoms with Crippen LogP contribution in [0.4, 0.5) is 0 Å². The molecule has 0 heterocycles. The molecule has 0 aliphatic rings. The second-order valence-electron chi connectivity index (χ2n) is 3.52. The second kappa shape index (κ2) is 6.74. The van der Waals surface area contributed by atoms with E-state index in [2.05, 4.69) is 0 Å². The minimum Gasteiger partial charge on any atom is -0.497 e. The van der Waals surface area contributed by atoms with Crippen LogP contribution in [0.1, 0.15) is 25.8 Å². The fourth-order valence-electron chi connectivity index (χ4n) is 1.46. The Morgan fingerprint density at radius 2 is 2.12 bits per heavy atom. The van der Waals surface area contributed by atoms with Gasteiger partial charge >= 0.3 is 5.97 Å². The molecule has 3 nitrogen and oxygen atoms in total. The van der Waals surface area contributed by atoms with Crippen molar-refractivity contribution in [2.24, 2.45) is 0 Å². The summed E-state index contributed by atoms with van der Waals surface area (Å²) in [5.74, 6) is 0.524. The van der Waals surface area contributed by atoms with E-state index in [9.17, 15) is 4.79 Å². The van der Waals surface area contributed by atoms with Crippen molar-refractivity contribution in [3.63, 3.8) is 0 Å². The lowest BCUT2D eigenvalue weighted by molar-refractivity contribution is -0.138. The molecule has 0 atom stereocenters. The highest BCUT2D eigenvalue weighted by atomic mass is 16.5. The van der Waals surface area contributed by atoms with Gasteiger partial charge in [0, 0.05) is 5.57 Å². The minimum absolute atomic E-state index is 0.252. The molecular weight excluding hydrogens is 216 g/mol. The van der Waals surface area contributed by atoms with E-state index in [0.717, 1.165) is 11.3 Å². The molecule has 0 N–H and O–H groups in total. The molecule has 1 rings (SSSR count). The van der Waals surface area contributed by atoms with E-state index >= 15 is 0 Å². The maximum absolute atomic E-state index is 11.6. The Morgan fingerprint density at radius 3 is 2.71 bits per heavy atom. The first-order valence-corrected chi connectivity index (χ1v) is 5.73. The third kappa shape index (κ3) is 3.94. The summed E-state index contributed by atoms with van der Waals surface area (Å²) < 4.78 is 10.1. The number of carbonyl (C=O) groups is 1. The van der Waals surface area contributed by atoms with Crippen LogP contribution in [0.2, 0.25) is 0 Å². The lowest BCUT2D eigenvalue weighted by Crippen LogP contribution is -2.06. The summed E-state index contributed by atoms with van der Waals surface area (Å²) in [6.45, 7) is 4.13. The number of ether oxygens (including phenoxy) is 2. The van der Waals surface area contributed by atoms with Gasteiger partial charge in [-0.25, -0.2) is 4.79 Å². The van der Waals surface area contributed by atoms with Crippen LogP contribution in [0.5, 0.6) is 5.75 Å². The summed E-state index contributed by atoms with van der Waals surface area (Å²) in [6.07, 6.45) is 2.48. The monoisotopic (exact) mass is 234 g/mol. The van der Waals surface area contributed by atoms with Gasteiger partial charge < -0.3 is 9.47 Å². The van der Waals surface area contributed by atoms with Crippen molar-refractivity contribution in [2.75, 3.05) is 13.7 Å². The van der Waals surface area contributed by atoms with Gasteiger partial charge in [-0.05, 0) is 37.1 Å². The van der Waals surface area contributed by atoms with Crippen molar-refractivity contribution in [1.82, 2.24) is 0 Å². The predicted octanol–water partition coefficient (Wildman–Crippen LogP) is 3.05. The van der Waals surface area contributed by atoms with Crippen molar-refractivity contribution in [1.29, 1.82) is 0 Å². The van der Waals surface area contributed by atoms with E-state index in [0.29, 0.717) is 18.6 Å². The van der Waals surface area contributed by atoms with E-state index in [1.807, 2.05) is 37.3 Å². The average Bonchev–Trinajstić information content (AvgIpc) is 2.36. The lowest BCUT2D eigenvalue weighted by atomic mass is 10.1. The van der Waals surface area contributed by atoms with Crippen molar-refractivity contribution >= 4 is 12.0 Å². The van der Waals surface area contributed by atoms with E-state index in [-0.39, 0.29) is 5.97 Å². The second-order valence-corrected chi connectivity index (χ2v) is 3.52. The van der Waals surface area contributed by atoms with Crippen molar-refractivity contribution in [2.45, 2.75) is 20.3 Å². The van der Waals surface area contributed by atoms with Gasteiger partial charge in [0.15, 0.2) is 0 Å². The molecule has 1 aromatic carbocycles. The Balaban J connectivity index is 2.93. The van der Waals surface area contributed by atoms with Crippen LogP contribution >= 0.6 is 0 Å². The molecule has 0 radical (unpaired) electrons. The number of benzene rings is 1. The molecule has 0 fully saturated rings. The zero-order valence-electron chi connectivity index (χ0n) is 10.5. The molecule has 0 aliphatic heterocycles. The van der Waals surface area contributed by atoms with Gasteiger partial charge in [-0.1, -0.05) is 19.1 Å². The molecule has 92 valence electrons. The average molecular weight is 234 g/mol. The summed E-state index contributed by atoms with van der Waals surface area (Å²) in [5, 5.41) is 0. The molecule has 0 bridgehead atoms. The maximum Gasteiger partial charge on any atom is 0.333 e. The fraction of sp³-hybridized carbons (Fsp3) is 0.357. The third-order valence-electron chi connectivity index (χ3n) is 2.35. The van der Waals surface area contributed by atoms with Gasteiger partial charge in [-0.3, -0.25) is 0 Å². The Morgan fingerprint density at radius 1 is 1.35 bits per heavy atom. The van der Waals surface area contributed by atoms with Crippen LogP contribution < -0.4 is 4.74 Å². The zero-order valence-corrected chi connectivity index (χ0v) is 10.5. The first-order valence-electron chi connectivity index (χ1n) is 5.73. The highest BCUT2D eigenvalue weighted by Crippen LogP contribution is 2.17. The molecule has 0 unspecified atom stereocenters. The fourth-order valence-corrected chi connectivity index (χ4v) is 1.46. The highest BCUT2D eigenvalue weighted by Gasteiger charge is 2.08. The standard InChI is InChI=1S/C14H18O3/c1-4-12(14(15)17-5-2)9-11-7-6-8-13(10-11)16-3/h6-10H,4-5H2,1-3H3/b12-9+. The molecule has 1 aromatic rings. The first-order chi connectivity index (χ1) is 8.21. The largest absolute Gasteiger partial charge is 0.497 e. The van der Waals surface area contributed by atoms with Crippen molar-refractivity contribution in [3.8, 4) is 5.75 Å². The van der Waals surface area contributed by atoms with Gasteiger partial charge in [0.2, 0.25) is 0 Å². The lowest BCUT2D eigenvalue weighted by Gasteiger charge is -2.05. The molecule has 0 spiro atoms. The molecule has 0 saturated heterocycles. The molecule has 17 heavy (non-hydrogen) atoms. The molecular formula is C14H18O3. The van der Waals surface area contributed by atoms with E-state index in [1.165, 1.54) is 0 Å². The summed E-state index contributed by atoms with van der Waals surface area (Å²) in [7, 11) is 1.62. The Hall–Kier alpha value is -1.77. The molecule has 0 amide bonds. The maximum atomic E-state index is 11.6. The van der Waals surface area contributed by atoms with E-state index in [4.69, 9.17) is 9.47 Å². The Kier molecular flexibility index (Phi) is 5.27. The number of rotatable bonds is 5. The van der Waals surface area contributed by atoms with Gasteiger partial charge in [-0.2, -0.15) is 0 Å². The number of methoxy groups -OCH3 is 1. The van der Waals surface area contributed by atoms with Crippen LogP contribution in [0.15, 0.2) is 29.8 Å². The Labute approximate surface area is 102 Å². The van der Waals surface area contributed by atoms with Crippen LogP contribution in [-0.4, -0.2) is 19.7 Å². The topological polar surface area (TPSA) is 35.5 Å². The van der Waals surface area contributed by atoms with Crippen LogP contribution in [-0.2, 0) is 9.53 Å². The van der Waals surface area contributed by atoms with Gasteiger partial charge in [-0.15, -0.1) is 0 Å². The third-order valence-corrected chi connectivity index (χ3v) is 2.35. The Bertz CT molecular complexity index is 408. The van der Waals surface area contributed by atoms with Crippen molar-refractivity contribution < 1.29 is 14.3 Å². The molecule has 3 heteroatoms. The number of hydrogen-bond donors (Lipinski definition) is 0.